The molecule has 0 spiro atoms. The van der Waals surface area contributed by atoms with Crippen molar-refractivity contribution in [1.82, 2.24) is 15.0 Å². The van der Waals surface area contributed by atoms with Gasteiger partial charge in [-0.05, 0) is 0 Å². The van der Waals surface area contributed by atoms with E-state index in [9.17, 15) is 9.59 Å². The van der Waals surface area contributed by atoms with Gasteiger partial charge in [0.1, 0.15) is 0 Å². The Bertz CT molecular complexity index is 338. The highest BCUT2D eigenvalue weighted by atomic mass is 16.5. The lowest BCUT2D eigenvalue weighted by molar-refractivity contribution is 0.241. The molecular formula is C6H9N3O3. The maximum absolute atomic E-state index is 11.0. The lowest BCUT2D eigenvalue weighted by Crippen LogP contribution is -2.33. The molecule has 0 radical (unpaired) electrons. The minimum atomic E-state index is -0.758. The van der Waals surface area contributed by atoms with Gasteiger partial charge in [-0.3, -0.25) is 4.52 Å². The second-order valence-corrected chi connectivity index (χ2v) is 2.11. The molecule has 1 rings (SSSR count). The van der Waals surface area contributed by atoms with Crippen LogP contribution in [0.25, 0.3) is 0 Å². The van der Waals surface area contributed by atoms with Crippen LogP contribution in [0, 0.1) is 0 Å². The van der Waals surface area contributed by atoms with Crippen LogP contribution in [-0.2, 0) is 6.42 Å². The Kier molecular flexibility index (Phi) is 2.27. The summed E-state index contributed by atoms with van der Waals surface area (Å²) in [7, 11) is 1.43. The molecule has 1 heterocycles. The average Bonchev–Trinajstić information content (AvgIpc) is 2.45. The van der Waals surface area contributed by atoms with Gasteiger partial charge >= 0.3 is 11.8 Å². The normalized spacial score (nSPS) is 9.83. The van der Waals surface area contributed by atoms with Crippen molar-refractivity contribution in [1.29, 1.82) is 0 Å². The van der Waals surface area contributed by atoms with Crippen LogP contribution >= 0.6 is 0 Å². The van der Waals surface area contributed by atoms with Gasteiger partial charge in [-0.15, -0.1) is 0 Å². The number of hydrogen-bond acceptors (Lipinski definition) is 4. The predicted octanol–water partition coefficient (Wildman–Crippen LogP) is -0.414. The van der Waals surface area contributed by atoms with Gasteiger partial charge in [-0.1, -0.05) is 12.1 Å². The molecule has 0 atom stereocenters. The minimum absolute atomic E-state index is 0.319. The Labute approximate surface area is 68.2 Å². The van der Waals surface area contributed by atoms with Crippen molar-refractivity contribution in [2.24, 2.45) is 0 Å². The molecule has 0 saturated carbocycles. The molecule has 0 aliphatic carbocycles. The summed E-state index contributed by atoms with van der Waals surface area (Å²) in [6.45, 7) is 1.77. The van der Waals surface area contributed by atoms with Crippen LogP contribution in [0.5, 0.6) is 0 Å². The fourth-order valence-electron chi connectivity index (χ4n) is 0.813. The quantitative estimate of drug-likeness (QED) is 0.622. The molecule has 0 aliphatic heterocycles. The van der Waals surface area contributed by atoms with E-state index in [-0.39, 0.29) is 0 Å². The van der Waals surface area contributed by atoms with E-state index in [1.807, 2.05) is 0 Å². The zero-order chi connectivity index (χ0) is 9.14. The Hall–Kier alpha value is -1.59. The Morgan fingerprint density at radius 3 is 2.92 bits per heavy atom. The van der Waals surface area contributed by atoms with Gasteiger partial charge in [-0.25, -0.2) is 9.59 Å². The maximum Gasteiger partial charge on any atom is 0.450 e. The van der Waals surface area contributed by atoms with E-state index >= 15 is 0 Å². The zero-order valence-corrected chi connectivity index (χ0v) is 6.83. The standard InChI is InChI=1S/C6H9N3O3/c1-3-4-8-12-6(11)9(4)5(10)7-2/h3H2,1-2H3,(H,7,10). The summed E-state index contributed by atoms with van der Waals surface area (Å²) in [6, 6.07) is -0.530. The maximum atomic E-state index is 11.0. The van der Waals surface area contributed by atoms with Crippen LogP contribution in [0.15, 0.2) is 9.32 Å². The predicted molar refractivity (Wildman–Crippen MR) is 40.0 cm³/mol. The van der Waals surface area contributed by atoms with E-state index in [1.54, 1.807) is 6.92 Å². The summed E-state index contributed by atoms with van der Waals surface area (Å²) in [6.07, 6.45) is 0.471. The van der Waals surface area contributed by atoms with E-state index in [1.165, 1.54) is 7.05 Å². The summed E-state index contributed by atoms with van der Waals surface area (Å²) < 4.78 is 5.17. The first-order valence-electron chi connectivity index (χ1n) is 3.50. The molecule has 66 valence electrons. The summed E-state index contributed by atoms with van der Waals surface area (Å²) >= 11 is 0. The Morgan fingerprint density at radius 1 is 1.75 bits per heavy atom. The van der Waals surface area contributed by atoms with Gasteiger partial charge in [0, 0.05) is 13.5 Å². The van der Waals surface area contributed by atoms with Crippen LogP contribution in [0.1, 0.15) is 12.7 Å². The van der Waals surface area contributed by atoms with Gasteiger partial charge in [0.2, 0.25) is 0 Å². The molecule has 12 heavy (non-hydrogen) atoms. The number of rotatable bonds is 1. The number of carbonyl (C=O) groups is 1. The molecule has 1 aromatic rings. The first kappa shape index (κ1) is 8.51. The summed E-state index contributed by atoms with van der Waals surface area (Å²) in [5.74, 6) is -0.439. The van der Waals surface area contributed by atoms with Crippen LogP contribution in [0.3, 0.4) is 0 Å². The van der Waals surface area contributed by atoms with Crippen molar-refractivity contribution in [2.75, 3.05) is 7.05 Å². The number of nitrogens with zero attached hydrogens (tertiary/aromatic N) is 2. The molecule has 0 aliphatic rings. The Morgan fingerprint density at radius 2 is 2.42 bits per heavy atom. The van der Waals surface area contributed by atoms with Crippen molar-refractivity contribution < 1.29 is 9.32 Å². The SMILES string of the molecule is CCc1noc(=O)n1C(=O)NC. The van der Waals surface area contributed by atoms with Gasteiger partial charge in [-0.2, -0.15) is 4.57 Å². The number of carbonyl (C=O) groups excluding carboxylic acids is 1. The summed E-state index contributed by atoms with van der Waals surface area (Å²) in [5, 5.41) is 5.72. The fourth-order valence-corrected chi connectivity index (χ4v) is 0.813. The summed E-state index contributed by atoms with van der Waals surface area (Å²) in [5.41, 5.74) is 0. The molecule has 0 bridgehead atoms. The van der Waals surface area contributed by atoms with Crippen molar-refractivity contribution in [2.45, 2.75) is 13.3 Å². The molecule has 0 saturated heterocycles. The van der Waals surface area contributed by atoms with Crippen molar-refractivity contribution in [3.05, 3.63) is 16.4 Å². The molecule has 1 aromatic heterocycles. The molecule has 6 heteroatoms. The molecule has 0 unspecified atom stereocenters. The van der Waals surface area contributed by atoms with Crippen molar-refractivity contribution in [3.63, 3.8) is 0 Å². The van der Waals surface area contributed by atoms with E-state index in [0.29, 0.717) is 12.2 Å². The average molecular weight is 171 g/mol. The topological polar surface area (TPSA) is 77.1 Å². The second-order valence-electron chi connectivity index (χ2n) is 2.11. The first-order chi connectivity index (χ1) is 5.70. The third-order valence-electron chi connectivity index (χ3n) is 1.40. The third-order valence-corrected chi connectivity index (χ3v) is 1.40. The number of hydrogen-bond donors (Lipinski definition) is 1. The fraction of sp³-hybridized carbons (Fsp3) is 0.500. The smallest absolute Gasteiger partial charge is 0.340 e. The van der Waals surface area contributed by atoms with E-state index < -0.39 is 11.8 Å². The number of aromatic nitrogens is 2. The monoisotopic (exact) mass is 171 g/mol. The van der Waals surface area contributed by atoms with Gasteiger partial charge in [0.05, 0.1) is 0 Å². The lowest BCUT2D eigenvalue weighted by atomic mass is 10.4. The highest BCUT2D eigenvalue weighted by molar-refractivity contribution is 5.76. The van der Waals surface area contributed by atoms with Crippen LogP contribution < -0.4 is 11.1 Å². The second kappa shape index (κ2) is 3.21. The van der Waals surface area contributed by atoms with Crippen LogP contribution in [0.2, 0.25) is 0 Å². The number of amides is 1. The van der Waals surface area contributed by atoms with E-state index in [0.717, 1.165) is 4.57 Å². The highest BCUT2D eigenvalue weighted by Crippen LogP contribution is 1.91. The minimum Gasteiger partial charge on any atom is -0.340 e. The zero-order valence-electron chi connectivity index (χ0n) is 6.83. The molecule has 0 aromatic carbocycles. The largest absolute Gasteiger partial charge is 0.450 e. The molecule has 6 nitrogen and oxygen atoms in total. The number of nitrogens with one attached hydrogen (secondary N) is 1. The molecular weight excluding hydrogens is 162 g/mol. The lowest BCUT2D eigenvalue weighted by Gasteiger charge is -1.97. The van der Waals surface area contributed by atoms with Crippen molar-refractivity contribution >= 4 is 6.03 Å². The summed E-state index contributed by atoms with van der Waals surface area (Å²) in [4.78, 5) is 21.9. The molecule has 1 N–H and O–H groups in total. The van der Waals surface area contributed by atoms with Gasteiger partial charge < -0.3 is 5.32 Å². The van der Waals surface area contributed by atoms with Crippen LogP contribution in [-0.4, -0.2) is 22.8 Å². The molecule has 1 amide bonds. The van der Waals surface area contributed by atoms with E-state index in [4.69, 9.17) is 0 Å². The van der Waals surface area contributed by atoms with Crippen LogP contribution in [0.4, 0.5) is 4.79 Å². The van der Waals surface area contributed by atoms with Gasteiger partial charge in [0.25, 0.3) is 0 Å². The molecule has 0 fully saturated rings. The first-order valence-corrected chi connectivity index (χ1v) is 3.50. The van der Waals surface area contributed by atoms with Gasteiger partial charge in [0.15, 0.2) is 5.82 Å². The number of aryl methyl sites for hydroxylation is 1. The Balaban J connectivity index is 3.19. The van der Waals surface area contributed by atoms with E-state index in [2.05, 4.69) is 15.0 Å². The third kappa shape index (κ3) is 1.23. The van der Waals surface area contributed by atoms with Crippen molar-refractivity contribution in [3.8, 4) is 0 Å². The highest BCUT2D eigenvalue weighted by Gasteiger charge is 2.13.